The summed E-state index contributed by atoms with van der Waals surface area (Å²) in [5.74, 6) is 1.33. The highest BCUT2D eigenvalue weighted by molar-refractivity contribution is 6.31. The van der Waals surface area contributed by atoms with Crippen molar-refractivity contribution < 1.29 is 28.1 Å². The normalized spacial score (nSPS) is 18.8. The van der Waals surface area contributed by atoms with E-state index in [0.29, 0.717) is 66.1 Å². The lowest BCUT2D eigenvalue weighted by atomic mass is 10.0. The molecule has 9 nitrogen and oxygen atoms in total. The van der Waals surface area contributed by atoms with Gasteiger partial charge in [0.2, 0.25) is 0 Å². The van der Waals surface area contributed by atoms with Gasteiger partial charge in [-0.25, -0.2) is 14.4 Å². The van der Waals surface area contributed by atoms with Gasteiger partial charge in [-0.2, -0.15) is 0 Å². The fraction of sp³-hybridized carbons (Fsp3) is 0.444. The van der Waals surface area contributed by atoms with Gasteiger partial charge in [0.05, 0.1) is 23.7 Å². The third-order valence-corrected chi connectivity index (χ3v) is 6.85. The first-order chi connectivity index (χ1) is 18.4. The molecule has 3 heterocycles. The van der Waals surface area contributed by atoms with Crippen LogP contribution in [0.5, 0.6) is 11.5 Å². The van der Waals surface area contributed by atoms with E-state index in [4.69, 9.17) is 30.5 Å². The first-order valence-electron chi connectivity index (χ1n) is 12.7. The summed E-state index contributed by atoms with van der Waals surface area (Å²) in [4.78, 5) is 22.6. The SMILES string of the molecule is CC1CN(CCOc2cc3c(Nc4ccc(F)c(Cl)c4)ncnc3cc2OCC2CCOCC2)CC(=O)O1. The predicted octanol–water partition coefficient (Wildman–Crippen LogP) is 4.60. The highest BCUT2D eigenvalue weighted by Crippen LogP contribution is 2.36. The van der Waals surface area contributed by atoms with Crippen molar-refractivity contribution in [2.75, 3.05) is 51.4 Å². The number of hydrogen-bond acceptors (Lipinski definition) is 9. The van der Waals surface area contributed by atoms with Crippen LogP contribution in [0.2, 0.25) is 5.02 Å². The average Bonchev–Trinajstić information content (AvgIpc) is 2.90. The summed E-state index contributed by atoms with van der Waals surface area (Å²) in [6.07, 6.45) is 3.20. The molecule has 1 unspecified atom stereocenters. The third-order valence-electron chi connectivity index (χ3n) is 6.56. The number of benzene rings is 2. The molecular weight excluding hydrogens is 515 g/mol. The van der Waals surface area contributed by atoms with Crippen molar-refractivity contribution in [3.05, 3.63) is 47.5 Å². The Morgan fingerprint density at radius 2 is 1.97 bits per heavy atom. The van der Waals surface area contributed by atoms with E-state index in [9.17, 15) is 9.18 Å². The van der Waals surface area contributed by atoms with Crippen molar-refractivity contribution in [1.29, 1.82) is 0 Å². The maximum absolute atomic E-state index is 13.6. The van der Waals surface area contributed by atoms with Crippen LogP contribution >= 0.6 is 11.6 Å². The van der Waals surface area contributed by atoms with Crippen LogP contribution in [0.25, 0.3) is 10.9 Å². The molecule has 0 bridgehead atoms. The molecule has 2 aliphatic rings. The van der Waals surface area contributed by atoms with E-state index >= 15 is 0 Å². The highest BCUT2D eigenvalue weighted by Gasteiger charge is 2.23. The molecule has 3 aromatic rings. The van der Waals surface area contributed by atoms with Crippen molar-refractivity contribution in [2.45, 2.75) is 25.9 Å². The molecule has 2 saturated heterocycles. The minimum atomic E-state index is -0.497. The second-order valence-corrected chi connectivity index (χ2v) is 9.95. The number of esters is 1. The number of ether oxygens (including phenoxy) is 4. The van der Waals surface area contributed by atoms with Crippen LogP contribution in [-0.2, 0) is 14.3 Å². The molecule has 0 aliphatic carbocycles. The minimum Gasteiger partial charge on any atom is -0.489 e. The molecule has 2 fully saturated rings. The molecule has 1 aromatic heterocycles. The number of carbonyl (C=O) groups excluding carboxylic acids is 1. The minimum absolute atomic E-state index is 0.0112. The number of carbonyl (C=O) groups is 1. The molecule has 38 heavy (non-hydrogen) atoms. The van der Waals surface area contributed by atoms with Crippen LogP contribution in [0.3, 0.4) is 0 Å². The number of aromatic nitrogens is 2. The van der Waals surface area contributed by atoms with Crippen molar-refractivity contribution in [2.24, 2.45) is 5.92 Å². The van der Waals surface area contributed by atoms with Gasteiger partial charge in [-0.1, -0.05) is 11.6 Å². The molecule has 0 spiro atoms. The number of fused-ring (bicyclic) bond motifs is 1. The lowest BCUT2D eigenvalue weighted by Gasteiger charge is -2.30. The van der Waals surface area contributed by atoms with Crippen molar-refractivity contribution in [3.8, 4) is 11.5 Å². The maximum atomic E-state index is 13.6. The Balaban J connectivity index is 1.38. The van der Waals surface area contributed by atoms with Gasteiger partial charge in [-0.3, -0.25) is 9.69 Å². The zero-order valence-corrected chi connectivity index (χ0v) is 21.9. The Hall–Kier alpha value is -3.21. The van der Waals surface area contributed by atoms with Gasteiger partial charge in [0.25, 0.3) is 0 Å². The third kappa shape index (κ3) is 6.61. The van der Waals surface area contributed by atoms with E-state index in [1.165, 1.54) is 18.5 Å². The van der Waals surface area contributed by atoms with Gasteiger partial charge in [0.15, 0.2) is 11.5 Å². The summed E-state index contributed by atoms with van der Waals surface area (Å²) in [7, 11) is 0. The molecule has 11 heteroatoms. The molecule has 5 rings (SSSR count). The van der Waals surface area contributed by atoms with E-state index in [-0.39, 0.29) is 23.6 Å². The summed E-state index contributed by atoms with van der Waals surface area (Å²) < 4.78 is 36.8. The number of halogens is 2. The number of cyclic esters (lactones) is 1. The summed E-state index contributed by atoms with van der Waals surface area (Å²) >= 11 is 5.96. The molecule has 2 aromatic carbocycles. The van der Waals surface area contributed by atoms with Gasteiger partial charge < -0.3 is 24.3 Å². The summed E-state index contributed by atoms with van der Waals surface area (Å²) in [6, 6.07) is 8.06. The van der Waals surface area contributed by atoms with Crippen LogP contribution in [0.4, 0.5) is 15.9 Å². The van der Waals surface area contributed by atoms with Crippen molar-refractivity contribution >= 4 is 40.0 Å². The van der Waals surface area contributed by atoms with E-state index < -0.39 is 5.82 Å². The number of anilines is 2. The smallest absolute Gasteiger partial charge is 0.320 e. The van der Waals surface area contributed by atoms with E-state index in [0.717, 1.165) is 26.1 Å². The van der Waals surface area contributed by atoms with Crippen LogP contribution in [0.15, 0.2) is 36.7 Å². The predicted molar refractivity (Wildman–Crippen MR) is 141 cm³/mol. The van der Waals surface area contributed by atoms with Crippen LogP contribution < -0.4 is 14.8 Å². The van der Waals surface area contributed by atoms with Gasteiger partial charge in [-0.05, 0) is 49.9 Å². The Labute approximate surface area is 225 Å². The molecule has 1 atom stereocenters. The molecule has 202 valence electrons. The number of nitrogens with zero attached hydrogens (tertiary/aromatic N) is 3. The molecule has 0 saturated carbocycles. The highest BCUT2D eigenvalue weighted by atomic mass is 35.5. The molecule has 1 N–H and O–H groups in total. The van der Waals surface area contributed by atoms with Crippen molar-refractivity contribution in [3.63, 3.8) is 0 Å². The monoisotopic (exact) mass is 544 g/mol. The second-order valence-electron chi connectivity index (χ2n) is 9.54. The first kappa shape index (κ1) is 26.4. The largest absolute Gasteiger partial charge is 0.489 e. The van der Waals surface area contributed by atoms with E-state index in [1.54, 1.807) is 6.07 Å². The van der Waals surface area contributed by atoms with Crippen LogP contribution in [0, 0.1) is 11.7 Å². The van der Waals surface area contributed by atoms with Crippen molar-refractivity contribution in [1.82, 2.24) is 14.9 Å². The lowest BCUT2D eigenvalue weighted by Crippen LogP contribution is -2.45. The Morgan fingerprint density at radius 1 is 1.16 bits per heavy atom. The van der Waals surface area contributed by atoms with Gasteiger partial charge >= 0.3 is 5.97 Å². The topological polar surface area (TPSA) is 95.0 Å². The summed E-state index contributed by atoms with van der Waals surface area (Å²) in [5.41, 5.74) is 1.25. The fourth-order valence-electron chi connectivity index (χ4n) is 4.59. The van der Waals surface area contributed by atoms with Gasteiger partial charge in [0, 0.05) is 43.4 Å². The number of morpholine rings is 1. The Bertz CT molecular complexity index is 1290. The van der Waals surface area contributed by atoms with Crippen LogP contribution in [0.1, 0.15) is 19.8 Å². The summed E-state index contributed by atoms with van der Waals surface area (Å²) in [5, 5.41) is 3.91. The Morgan fingerprint density at radius 3 is 2.76 bits per heavy atom. The standard InChI is InChI=1S/C27H30ClFN4O5/c1-17-13-33(14-26(34)38-17)6-9-36-24-11-20-23(12-25(24)37-15-18-4-7-35-8-5-18)30-16-31-27(20)32-19-2-3-22(29)21(28)10-19/h2-3,10-12,16-18H,4-9,13-15H2,1H3,(H,30,31,32). The molecule has 0 radical (unpaired) electrons. The first-order valence-corrected chi connectivity index (χ1v) is 13.1. The molecule has 0 amide bonds. The molecule has 2 aliphatic heterocycles. The summed E-state index contributed by atoms with van der Waals surface area (Å²) in [6.45, 7) is 5.69. The van der Waals surface area contributed by atoms with Gasteiger partial charge in [-0.15, -0.1) is 0 Å². The number of nitrogens with one attached hydrogen (secondary N) is 1. The zero-order chi connectivity index (χ0) is 26.5. The fourth-order valence-corrected chi connectivity index (χ4v) is 4.77. The number of rotatable bonds is 9. The van der Waals surface area contributed by atoms with Gasteiger partial charge in [0.1, 0.15) is 30.7 Å². The second kappa shape index (κ2) is 12.1. The van der Waals surface area contributed by atoms with E-state index in [1.807, 2.05) is 24.0 Å². The quantitative estimate of drug-likeness (QED) is 0.388. The Kier molecular flexibility index (Phi) is 8.41. The zero-order valence-electron chi connectivity index (χ0n) is 21.1. The molecular formula is C27H30ClFN4O5. The maximum Gasteiger partial charge on any atom is 0.320 e. The number of hydrogen-bond donors (Lipinski definition) is 1. The van der Waals surface area contributed by atoms with E-state index in [2.05, 4.69) is 15.3 Å². The van der Waals surface area contributed by atoms with Crippen LogP contribution in [-0.4, -0.2) is 73.0 Å². The average molecular weight is 545 g/mol. The lowest BCUT2D eigenvalue weighted by molar-refractivity contribution is -0.157.